The number of thioether (sulfide) groups is 2. The van der Waals surface area contributed by atoms with Gasteiger partial charge in [0.25, 0.3) is 0 Å². The maximum absolute atomic E-state index is 11.5. The Balaban J connectivity index is 2.04. The van der Waals surface area contributed by atoms with Gasteiger partial charge < -0.3 is 4.74 Å². The Labute approximate surface area is 134 Å². The first-order valence-electron chi connectivity index (χ1n) is 6.66. The van der Waals surface area contributed by atoms with E-state index in [2.05, 4.69) is 25.4 Å². The van der Waals surface area contributed by atoms with Crippen molar-refractivity contribution in [3.8, 4) is 0 Å². The van der Waals surface area contributed by atoms with Crippen LogP contribution in [-0.2, 0) is 21.7 Å². The molecule has 1 aromatic rings. The minimum absolute atomic E-state index is 0.182. The van der Waals surface area contributed by atoms with E-state index in [0.717, 1.165) is 26.2 Å². The van der Waals surface area contributed by atoms with Gasteiger partial charge in [0.1, 0.15) is 4.38 Å². The molecule has 0 saturated carbocycles. The SMILES string of the molecule is C=C1SC(SCc2ccccc2CC(=O)OC)=NC1(C)C. The van der Waals surface area contributed by atoms with Gasteiger partial charge in [-0.25, -0.2) is 0 Å². The average molecular weight is 321 g/mol. The molecule has 0 fully saturated rings. The molecule has 0 radical (unpaired) electrons. The van der Waals surface area contributed by atoms with Crippen molar-refractivity contribution in [1.29, 1.82) is 0 Å². The number of carbonyl (C=O) groups excluding carboxylic acids is 1. The molecule has 1 aliphatic rings. The predicted octanol–water partition coefficient (Wildman–Crippen LogP) is 4.03. The number of methoxy groups -OCH3 is 1. The number of carbonyl (C=O) groups is 1. The van der Waals surface area contributed by atoms with Crippen molar-refractivity contribution in [3.63, 3.8) is 0 Å². The summed E-state index contributed by atoms with van der Waals surface area (Å²) in [6.45, 7) is 8.20. The molecule has 0 aliphatic carbocycles. The molecule has 0 unspecified atom stereocenters. The maximum atomic E-state index is 11.5. The predicted molar refractivity (Wildman–Crippen MR) is 91.7 cm³/mol. The van der Waals surface area contributed by atoms with Gasteiger partial charge in [0, 0.05) is 10.7 Å². The third-order valence-electron chi connectivity index (χ3n) is 3.30. The van der Waals surface area contributed by atoms with Crippen LogP contribution in [-0.4, -0.2) is 23.0 Å². The van der Waals surface area contributed by atoms with Crippen LogP contribution >= 0.6 is 23.5 Å². The van der Waals surface area contributed by atoms with E-state index in [9.17, 15) is 4.79 Å². The molecule has 1 aliphatic heterocycles. The van der Waals surface area contributed by atoms with Crippen LogP contribution in [0.5, 0.6) is 0 Å². The summed E-state index contributed by atoms with van der Waals surface area (Å²) in [5.74, 6) is 0.581. The van der Waals surface area contributed by atoms with E-state index < -0.39 is 0 Å². The number of aliphatic imine (C=N–C) groups is 1. The molecular weight excluding hydrogens is 302 g/mol. The van der Waals surface area contributed by atoms with E-state index in [0.29, 0.717) is 6.42 Å². The van der Waals surface area contributed by atoms with Gasteiger partial charge in [0.2, 0.25) is 0 Å². The maximum Gasteiger partial charge on any atom is 0.309 e. The molecule has 1 heterocycles. The quantitative estimate of drug-likeness (QED) is 0.785. The van der Waals surface area contributed by atoms with Crippen LogP contribution in [0.4, 0.5) is 0 Å². The highest BCUT2D eigenvalue weighted by atomic mass is 32.2. The molecule has 0 N–H and O–H groups in total. The number of rotatable bonds is 4. The number of benzene rings is 1. The Kier molecular flexibility index (Phi) is 5.17. The highest BCUT2D eigenvalue weighted by molar-refractivity contribution is 8.40. The van der Waals surface area contributed by atoms with Crippen molar-refractivity contribution >= 4 is 33.9 Å². The van der Waals surface area contributed by atoms with Crippen LogP contribution < -0.4 is 0 Å². The summed E-state index contributed by atoms with van der Waals surface area (Å²) in [5.41, 5.74) is 1.98. The summed E-state index contributed by atoms with van der Waals surface area (Å²) >= 11 is 3.33. The van der Waals surface area contributed by atoms with Crippen molar-refractivity contribution in [3.05, 3.63) is 46.9 Å². The molecule has 5 heteroatoms. The lowest BCUT2D eigenvalue weighted by atomic mass is 10.1. The normalized spacial score (nSPS) is 16.7. The molecule has 0 spiro atoms. The molecule has 112 valence electrons. The average Bonchev–Trinajstić information content (AvgIpc) is 2.71. The molecule has 1 aromatic carbocycles. The van der Waals surface area contributed by atoms with Crippen molar-refractivity contribution in [2.24, 2.45) is 4.99 Å². The number of nitrogens with zero attached hydrogens (tertiary/aromatic N) is 1. The first-order valence-corrected chi connectivity index (χ1v) is 8.46. The fraction of sp³-hybridized carbons (Fsp3) is 0.375. The van der Waals surface area contributed by atoms with Gasteiger partial charge in [0.15, 0.2) is 0 Å². The Morgan fingerprint density at radius 3 is 2.62 bits per heavy atom. The van der Waals surface area contributed by atoms with Gasteiger partial charge in [-0.3, -0.25) is 9.79 Å². The highest BCUT2D eigenvalue weighted by Crippen LogP contribution is 2.42. The Morgan fingerprint density at radius 2 is 2.05 bits per heavy atom. The molecule has 0 saturated heterocycles. The Hall–Kier alpha value is -1.20. The van der Waals surface area contributed by atoms with Gasteiger partial charge in [-0.05, 0) is 25.0 Å². The molecule has 21 heavy (non-hydrogen) atoms. The standard InChI is InChI=1S/C16H19NO2S2/c1-11-16(2,3)17-15(21-11)20-10-13-8-6-5-7-12(13)9-14(18)19-4/h5-8H,1,9-10H2,2-4H3. The third-order valence-corrected chi connectivity index (χ3v) is 5.70. The fourth-order valence-electron chi connectivity index (χ4n) is 1.84. The van der Waals surface area contributed by atoms with Crippen LogP contribution in [0.25, 0.3) is 0 Å². The van der Waals surface area contributed by atoms with Crippen LogP contribution in [0.3, 0.4) is 0 Å². The fourth-order valence-corrected chi connectivity index (χ4v) is 4.19. The second kappa shape index (κ2) is 6.71. The number of ether oxygens (including phenoxy) is 1. The van der Waals surface area contributed by atoms with Crippen molar-refractivity contribution < 1.29 is 9.53 Å². The van der Waals surface area contributed by atoms with Crippen molar-refractivity contribution in [1.82, 2.24) is 0 Å². The summed E-state index contributed by atoms with van der Waals surface area (Å²) in [5, 5.41) is 0. The Bertz CT molecular complexity index is 594. The smallest absolute Gasteiger partial charge is 0.309 e. The summed E-state index contributed by atoms with van der Waals surface area (Å²) in [4.78, 5) is 17.2. The summed E-state index contributed by atoms with van der Waals surface area (Å²) < 4.78 is 5.78. The molecular formula is C16H19NO2S2. The zero-order valence-electron chi connectivity index (χ0n) is 12.5. The molecule has 2 rings (SSSR count). The van der Waals surface area contributed by atoms with Crippen molar-refractivity contribution in [2.75, 3.05) is 7.11 Å². The van der Waals surface area contributed by atoms with E-state index in [-0.39, 0.29) is 11.5 Å². The summed E-state index contributed by atoms with van der Waals surface area (Å²) in [7, 11) is 1.41. The molecule has 0 amide bonds. The largest absolute Gasteiger partial charge is 0.469 e. The number of esters is 1. The Morgan fingerprint density at radius 1 is 1.38 bits per heavy atom. The molecule has 0 aromatic heterocycles. The minimum atomic E-state index is -0.213. The zero-order chi connectivity index (χ0) is 15.5. The third kappa shape index (κ3) is 4.14. The molecule has 3 nitrogen and oxygen atoms in total. The first kappa shape index (κ1) is 16.2. The van der Waals surface area contributed by atoms with Gasteiger partial charge >= 0.3 is 5.97 Å². The second-order valence-corrected chi connectivity index (χ2v) is 7.58. The lowest BCUT2D eigenvalue weighted by molar-refractivity contribution is -0.139. The van der Waals surface area contributed by atoms with Crippen LogP contribution in [0.2, 0.25) is 0 Å². The highest BCUT2D eigenvalue weighted by Gasteiger charge is 2.29. The monoisotopic (exact) mass is 321 g/mol. The van der Waals surface area contributed by atoms with E-state index in [1.807, 2.05) is 24.3 Å². The molecule has 0 bridgehead atoms. The summed E-state index contributed by atoms with van der Waals surface area (Å²) in [6, 6.07) is 7.95. The van der Waals surface area contributed by atoms with Gasteiger partial charge in [-0.1, -0.05) is 54.4 Å². The first-order chi connectivity index (χ1) is 9.92. The lowest BCUT2D eigenvalue weighted by Gasteiger charge is -2.12. The van der Waals surface area contributed by atoms with Gasteiger partial charge in [-0.2, -0.15) is 0 Å². The summed E-state index contributed by atoms with van der Waals surface area (Å²) in [6.07, 6.45) is 0.311. The van der Waals surface area contributed by atoms with Gasteiger partial charge in [-0.15, -0.1) is 0 Å². The number of hydrogen-bond donors (Lipinski definition) is 0. The van der Waals surface area contributed by atoms with E-state index >= 15 is 0 Å². The lowest BCUT2D eigenvalue weighted by Crippen LogP contribution is -2.12. The number of hydrogen-bond acceptors (Lipinski definition) is 5. The zero-order valence-corrected chi connectivity index (χ0v) is 14.1. The van der Waals surface area contributed by atoms with Crippen molar-refractivity contribution in [2.45, 2.75) is 31.6 Å². The van der Waals surface area contributed by atoms with Gasteiger partial charge in [0.05, 0.1) is 19.1 Å². The van der Waals surface area contributed by atoms with Crippen LogP contribution in [0.1, 0.15) is 25.0 Å². The second-order valence-electron chi connectivity index (χ2n) is 5.27. The molecule has 0 atom stereocenters. The van der Waals surface area contributed by atoms with E-state index in [1.165, 1.54) is 7.11 Å². The van der Waals surface area contributed by atoms with Crippen LogP contribution in [0.15, 0.2) is 40.7 Å². The van der Waals surface area contributed by atoms with E-state index in [1.54, 1.807) is 23.5 Å². The topological polar surface area (TPSA) is 38.7 Å². The van der Waals surface area contributed by atoms with Crippen LogP contribution in [0, 0.1) is 0 Å². The van der Waals surface area contributed by atoms with E-state index in [4.69, 9.17) is 4.74 Å². The minimum Gasteiger partial charge on any atom is -0.469 e.